The van der Waals surface area contributed by atoms with Crippen LogP contribution in [0.25, 0.3) is 6.08 Å². The van der Waals surface area contributed by atoms with Crippen molar-refractivity contribution >= 4 is 57.6 Å². The second-order valence-electron chi connectivity index (χ2n) is 5.84. The lowest BCUT2D eigenvalue weighted by molar-refractivity contribution is -0.113. The van der Waals surface area contributed by atoms with Crippen molar-refractivity contribution in [3.8, 4) is 11.5 Å². The molecular formula is C20H19ClN2O3S2. The maximum atomic E-state index is 12.9. The number of thiocarbonyl (C=S) groups is 1. The molecule has 0 radical (unpaired) electrons. The Labute approximate surface area is 178 Å². The van der Waals surface area contributed by atoms with Gasteiger partial charge in [-0.1, -0.05) is 42.5 Å². The summed E-state index contributed by atoms with van der Waals surface area (Å²) in [4.78, 5) is 18.9. The number of halogens is 1. The molecule has 1 aromatic heterocycles. The number of ether oxygens (including phenoxy) is 2. The van der Waals surface area contributed by atoms with E-state index in [1.165, 1.54) is 16.7 Å². The van der Waals surface area contributed by atoms with Gasteiger partial charge in [0.15, 0.2) is 15.8 Å². The van der Waals surface area contributed by atoms with Crippen molar-refractivity contribution in [2.75, 3.05) is 18.1 Å². The van der Waals surface area contributed by atoms with E-state index in [1.54, 1.807) is 36.7 Å². The molecule has 0 N–H and O–H groups in total. The highest BCUT2D eigenvalue weighted by molar-refractivity contribution is 8.27. The van der Waals surface area contributed by atoms with Crippen LogP contribution in [-0.4, -0.2) is 28.4 Å². The van der Waals surface area contributed by atoms with Gasteiger partial charge in [-0.05, 0) is 49.2 Å². The number of aromatic nitrogens is 1. The zero-order chi connectivity index (χ0) is 20.1. The van der Waals surface area contributed by atoms with Crippen molar-refractivity contribution in [2.24, 2.45) is 0 Å². The van der Waals surface area contributed by atoms with Crippen molar-refractivity contribution < 1.29 is 14.3 Å². The molecule has 1 amide bonds. The minimum absolute atomic E-state index is 0.191. The lowest BCUT2D eigenvalue weighted by Crippen LogP contribution is -2.27. The monoisotopic (exact) mass is 434 g/mol. The molecule has 3 rings (SSSR count). The quantitative estimate of drug-likeness (QED) is 0.433. The predicted molar refractivity (Wildman–Crippen MR) is 118 cm³/mol. The summed E-state index contributed by atoms with van der Waals surface area (Å²) >= 11 is 13.0. The number of anilines is 1. The third-order valence-electron chi connectivity index (χ3n) is 3.78. The van der Waals surface area contributed by atoms with E-state index in [0.29, 0.717) is 44.6 Å². The van der Waals surface area contributed by atoms with Crippen LogP contribution in [0.4, 0.5) is 5.69 Å². The van der Waals surface area contributed by atoms with E-state index in [2.05, 4.69) is 4.98 Å². The first-order valence-corrected chi connectivity index (χ1v) is 10.4. The van der Waals surface area contributed by atoms with Gasteiger partial charge in [-0.15, -0.1) is 0 Å². The lowest BCUT2D eigenvalue weighted by atomic mass is 10.1. The molecule has 1 aliphatic rings. The Morgan fingerprint density at radius 3 is 2.82 bits per heavy atom. The Kier molecular flexibility index (Phi) is 6.93. The number of benzene rings is 1. The molecule has 8 heteroatoms. The Morgan fingerprint density at radius 1 is 1.32 bits per heavy atom. The van der Waals surface area contributed by atoms with Crippen LogP contribution in [-0.2, 0) is 4.79 Å². The lowest BCUT2D eigenvalue weighted by Gasteiger charge is -2.14. The maximum Gasteiger partial charge on any atom is 0.270 e. The van der Waals surface area contributed by atoms with Crippen LogP contribution in [0.5, 0.6) is 11.5 Å². The van der Waals surface area contributed by atoms with Crippen molar-refractivity contribution in [3.63, 3.8) is 0 Å². The van der Waals surface area contributed by atoms with Crippen LogP contribution in [0.1, 0.15) is 25.8 Å². The maximum absolute atomic E-state index is 12.9. The Hall–Kier alpha value is -2.09. The van der Waals surface area contributed by atoms with E-state index in [1.807, 2.05) is 19.9 Å². The molecule has 0 spiro atoms. The highest BCUT2D eigenvalue weighted by Gasteiger charge is 2.33. The molecule has 0 atom stereocenters. The fraction of sp³-hybridized carbons (Fsp3) is 0.250. The molecule has 1 fully saturated rings. The highest BCUT2D eigenvalue weighted by atomic mass is 35.5. The number of hydrogen-bond acceptors (Lipinski definition) is 6. The molecule has 1 aliphatic heterocycles. The zero-order valence-corrected chi connectivity index (χ0v) is 17.9. The number of thioether (sulfide) groups is 1. The van der Waals surface area contributed by atoms with Gasteiger partial charge >= 0.3 is 0 Å². The van der Waals surface area contributed by atoms with Crippen LogP contribution in [0.15, 0.2) is 41.6 Å². The molecule has 2 aromatic rings. The Bertz CT molecular complexity index is 919. The highest BCUT2D eigenvalue weighted by Crippen LogP contribution is 2.40. The second kappa shape index (κ2) is 9.41. The first-order valence-electron chi connectivity index (χ1n) is 8.82. The van der Waals surface area contributed by atoms with Gasteiger partial charge in [0.05, 0.1) is 35.0 Å². The number of nitrogens with zero attached hydrogens (tertiary/aromatic N) is 2. The Balaban J connectivity index is 1.93. The number of rotatable bonds is 7. The van der Waals surface area contributed by atoms with E-state index in [0.717, 1.165) is 12.0 Å². The molecular weight excluding hydrogens is 416 g/mol. The van der Waals surface area contributed by atoms with Crippen LogP contribution >= 0.6 is 35.6 Å². The fourth-order valence-electron chi connectivity index (χ4n) is 2.61. The van der Waals surface area contributed by atoms with Crippen molar-refractivity contribution in [3.05, 3.63) is 52.2 Å². The van der Waals surface area contributed by atoms with Crippen LogP contribution in [0.2, 0.25) is 5.02 Å². The predicted octanol–water partition coefficient (Wildman–Crippen LogP) is 5.33. The third-order valence-corrected chi connectivity index (χ3v) is 5.36. The van der Waals surface area contributed by atoms with Crippen molar-refractivity contribution in [1.82, 2.24) is 4.98 Å². The topological polar surface area (TPSA) is 51.7 Å². The van der Waals surface area contributed by atoms with Gasteiger partial charge in [0.25, 0.3) is 5.91 Å². The van der Waals surface area contributed by atoms with Crippen LogP contribution in [0.3, 0.4) is 0 Å². The molecule has 0 saturated carbocycles. The number of hydrogen-bond donors (Lipinski definition) is 0. The molecule has 2 heterocycles. The van der Waals surface area contributed by atoms with Crippen LogP contribution < -0.4 is 14.4 Å². The zero-order valence-electron chi connectivity index (χ0n) is 15.5. The van der Waals surface area contributed by atoms with E-state index in [9.17, 15) is 4.79 Å². The molecule has 1 saturated heterocycles. The average Bonchev–Trinajstić information content (AvgIpc) is 2.95. The number of carbonyl (C=O) groups is 1. The van der Waals surface area contributed by atoms with Gasteiger partial charge in [0.1, 0.15) is 0 Å². The summed E-state index contributed by atoms with van der Waals surface area (Å²) in [5, 5.41) is 0.438. The smallest absolute Gasteiger partial charge is 0.270 e. The summed E-state index contributed by atoms with van der Waals surface area (Å²) in [7, 11) is 0. The standard InChI is InChI=1S/C20H19ClN2O3S2/c1-3-8-26-18-15(21)9-13(10-16(18)25-4-2)11-17-19(24)23(20(27)28-17)14-6-5-7-22-12-14/h5-7,9-12H,3-4,8H2,1-2H3/b17-11-. The fourth-order valence-corrected chi connectivity index (χ4v) is 4.18. The molecule has 0 bridgehead atoms. The van der Waals surface area contributed by atoms with Crippen LogP contribution in [0, 0.1) is 0 Å². The number of amides is 1. The van der Waals surface area contributed by atoms with Crippen molar-refractivity contribution in [2.45, 2.75) is 20.3 Å². The molecule has 1 aromatic carbocycles. The number of carbonyl (C=O) groups excluding carboxylic acids is 1. The summed E-state index contributed by atoms with van der Waals surface area (Å²) in [6.07, 6.45) is 5.88. The summed E-state index contributed by atoms with van der Waals surface area (Å²) in [5.41, 5.74) is 1.38. The van der Waals surface area contributed by atoms with Crippen molar-refractivity contribution in [1.29, 1.82) is 0 Å². The van der Waals surface area contributed by atoms with E-state index in [4.69, 9.17) is 33.3 Å². The minimum atomic E-state index is -0.191. The van der Waals surface area contributed by atoms with Gasteiger partial charge in [0.2, 0.25) is 0 Å². The molecule has 0 unspecified atom stereocenters. The van der Waals surface area contributed by atoms with E-state index in [-0.39, 0.29) is 5.91 Å². The van der Waals surface area contributed by atoms with Gasteiger partial charge in [-0.25, -0.2) is 0 Å². The third kappa shape index (κ3) is 4.48. The SMILES string of the molecule is CCCOc1c(Cl)cc(/C=C2\SC(=S)N(c3cccnc3)C2=O)cc1OCC. The largest absolute Gasteiger partial charge is 0.490 e. The molecule has 28 heavy (non-hydrogen) atoms. The second-order valence-corrected chi connectivity index (χ2v) is 7.92. The van der Waals surface area contributed by atoms with E-state index >= 15 is 0 Å². The molecule has 5 nitrogen and oxygen atoms in total. The van der Waals surface area contributed by atoms with Gasteiger partial charge in [-0.3, -0.25) is 14.7 Å². The molecule has 146 valence electrons. The summed E-state index contributed by atoms with van der Waals surface area (Å²) in [5.74, 6) is 0.881. The average molecular weight is 435 g/mol. The summed E-state index contributed by atoms with van der Waals surface area (Å²) < 4.78 is 11.9. The minimum Gasteiger partial charge on any atom is -0.490 e. The van der Waals surface area contributed by atoms with Gasteiger partial charge in [-0.2, -0.15) is 0 Å². The van der Waals surface area contributed by atoms with E-state index < -0.39 is 0 Å². The summed E-state index contributed by atoms with van der Waals surface area (Å²) in [6, 6.07) is 7.13. The van der Waals surface area contributed by atoms with Gasteiger partial charge < -0.3 is 9.47 Å². The summed E-state index contributed by atoms with van der Waals surface area (Å²) in [6.45, 7) is 4.93. The Morgan fingerprint density at radius 2 is 2.14 bits per heavy atom. The molecule has 0 aliphatic carbocycles. The normalized spacial score (nSPS) is 15.4. The first kappa shape index (κ1) is 20.6. The number of pyridine rings is 1. The first-order chi connectivity index (χ1) is 13.5. The van der Waals surface area contributed by atoms with Gasteiger partial charge in [0, 0.05) is 6.20 Å².